The largest absolute Gasteiger partial charge is 0.330 e. The fraction of sp³-hybridized carbons (Fsp3) is 0.920. The van der Waals surface area contributed by atoms with Crippen molar-refractivity contribution < 1.29 is 0 Å². The minimum absolute atomic E-state index is 0.334. The van der Waals surface area contributed by atoms with Crippen LogP contribution in [-0.2, 0) is 0 Å². The standard InChI is InChI=1S/C25H52N2/c1-2-3-4-5-6-7-8-9-10-11-12-13-14-15-16-17-18-19-20-21-22-25(27)23-24-26/h9-10,25H,2-8,11-24,26-27H2,1H3. The van der Waals surface area contributed by atoms with Crippen molar-refractivity contribution in [1.82, 2.24) is 0 Å². The average Bonchev–Trinajstić information content (AvgIpc) is 2.66. The molecule has 0 saturated carbocycles. The summed E-state index contributed by atoms with van der Waals surface area (Å²) >= 11 is 0. The fourth-order valence-corrected chi connectivity index (χ4v) is 3.72. The molecule has 2 nitrogen and oxygen atoms in total. The molecule has 0 amide bonds. The van der Waals surface area contributed by atoms with Gasteiger partial charge in [0.2, 0.25) is 0 Å². The van der Waals surface area contributed by atoms with Gasteiger partial charge in [0.1, 0.15) is 0 Å². The van der Waals surface area contributed by atoms with Gasteiger partial charge in [0.15, 0.2) is 0 Å². The maximum Gasteiger partial charge on any atom is 0.00508 e. The molecular formula is C25H52N2. The second-order valence-corrected chi connectivity index (χ2v) is 8.48. The Morgan fingerprint density at radius 3 is 1.41 bits per heavy atom. The van der Waals surface area contributed by atoms with Crippen LogP contribution in [0, 0.1) is 0 Å². The summed E-state index contributed by atoms with van der Waals surface area (Å²) in [6.45, 7) is 3.02. The minimum atomic E-state index is 0.334. The lowest BCUT2D eigenvalue weighted by Gasteiger charge is -2.09. The van der Waals surface area contributed by atoms with E-state index in [1.807, 2.05) is 0 Å². The van der Waals surface area contributed by atoms with Gasteiger partial charge in [0.25, 0.3) is 0 Å². The molecule has 0 spiro atoms. The Morgan fingerprint density at radius 1 is 0.556 bits per heavy atom. The van der Waals surface area contributed by atoms with Gasteiger partial charge < -0.3 is 11.5 Å². The van der Waals surface area contributed by atoms with Gasteiger partial charge in [-0.25, -0.2) is 0 Å². The van der Waals surface area contributed by atoms with E-state index >= 15 is 0 Å². The number of nitrogens with two attached hydrogens (primary N) is 2. The molecule has 0 bridgehead atoms. The molecule has 0 radical (unpaired) electrons. The van der Waals surface area contributed by atoms with Crippen molar-refractivity contribution >= 4 is 0 Å². The van der Waals surface area contributed by atoms with Gasteiger partial charge in [-0.2, -0.15) is 0 Å². The summed E-state index contributed by atoms with van der Waals surface area (Å²) < 4.78 is 0. The Labute approximate surface area is 171 Å². The number of hydrogen-bond acceptors (Lipinski definition) is 2. The number of unbranched alkanes of at least 4 members (excludes halogenated alkanes) is 16. The van der Waals surface area contributed by atoms with Crippen LogP contribution in [0.4, 0.5) is 0 Å². The summed E-state index contributed by atoms with van der Waals surface area (Å²) in [4.78, 5) is 0. The third kappa shape index (κ3) is 23.6. The molecule has 0 fully saturated rings. The van der Waals surface area contributed by atoms with Crippen LogP contribution in [0.2, 0.25) is 0 Å². The Hall–Kier alpha value is -0.340. The lowest BCUT2D eigenvalue weighted by molar-refractivity contribution is 0.508. The van der Waals surface area contributed by atoms with Gasteiger partial charge in [-0.15, -0.1) is 0 Å². The van der Waals surface area contributed by atoms with E-state index in [0.29, 0.717) is 6.04 Å². The Kier molecular flexibility index (Phi) is 23.4. The second-order valence-electron chi connectivity index (χ2n) is 8.48. The fourth-order valence-electron chi connectivity index (χ4n) is 3.72. The number of allylic oxidation sites excluding steroid dienone is 2. The highest BCUT2D eigenvalue weighted by Gasteiger charge is 2.00. The molecule has 0 aliphatic rings. The maximum absolute atomic E-state index is 5.98. The second kappa shape index (κ2) is 23.7. The third-order valence-electron chi connectivity index (χ3n) is 5.62. The third-order valence-corrected chi connectivity index (χ3v) is 5.62. The van der Waals surface area contributed by atoms with Gasteiger partial charge >= 0.3 is 0 Å². The first-order valence-electron chi connectivity index (χ1n) is 12.4. The molecular weight excluding hydrogens is 328 g/mol. The molecule has 0 saturated heterocycles. The molecule has 27 heavy (non-hydrogen) atoms. The quantitative estimate of drug-likeness (QED) is 0.150. The molecule has 0 aliphatic carbocycles. The zero-order valence-electron chi connectivity index (χ0n) is 18.7. The van der Waals surface area contributed by atoms with Crippen molar-refractivity contribution in [3.63, 3.8) is 0 Å². The van der Waals surface area contributed by atoms with Crippen molar-refractivity contribution in [2.45, 2.75) is 141 Å². The molecule has 0 aliphatic heterocycles. The molecule has 1 unspecified atom stereocenters. The van der Waals surface area contributed by atoms with Crippen LogP contribution < -0.4 is 11.5 Å². The highest BCUT2D eigenvalue weighted by molar-refractivity contribution is 4.81. The molecule has 0 aromatic carbocycles. The molecule has 0 rings (SSSR count). The molecule has 4 N–H and O–H groups in total. The first kappa shape index (κ1) is 26.7. The van der Waals surface area contributed by atoms with E-state index in [1.54, 1.807) is 0 Å². The number of rotatable bonds is 22. The summed E-state index contributed by atoms with van der Waals surface area (Å²) in [5.41, 5.74) is 11.5. The van der Waals surface area contributed by atoms with Crippen LogP contribution >= 0.6 is 0 Å². The zero-order chi connectivity index (χ0) is 19.8. The first-order valence-corrected chi connectivity index (χ1v) is 12.4. The van der Waals surface area contributed by atoms with Crippen LogP contribution in [0.3, 0.4) is 0 Å². The van der Waals surface area contributed by atoms with Crippen molar-refractivity contribution in [2.75, 3.05) is 6.54 Å². The van der Waals surface area contributed by atoms with Crippen LogP contribution in [0.1, 0.15) is 135 Å². The highest BCUT2D eigenvalue weighted by Crippen LogP contribution is 2.13. The molecule has 1 atom stereocenters. The van der Waals surface area contributed by atoms with Crippen molar-refractivity contribution in [3.05, 3.63) is 12.2 Å². The van der Waals surface area contributed by atoms with Crippen molar-refractivity contribution in [2.24, 2.45) is 11.5 Å². The zero-order valence-corrected chi connectivity index (χ0v) is 18.7. The summed E-state index contributed by atoms with van der Waals surface area (Å²) in [6.07, 6.45) is 32.0. The Morgan fingerprint density at radius 2 is 0.963 bits per heavy atom. The van der Waals surface area contributed by atoms with E-state index in [2.05, 4.69) is 19.1 Å². The molecule has 162 valence electrons. The summed E-state index contributed by atoms with van der Waals surface area (Å²) in [6, 6.07) is 0.334. The lowest BCUT2D eigenvalue weighted by Crippen LogP contribution is -2.23. The van der Waals surface area contributed by atoms with E-state index in [0.717, 1.165) is 19.4 Å². The molecule has 0 aromatic rings. The average molecular weight is 381 g/mol. The van der Waals surface area contributed by atoms with Gasteiger partial charge in [0, 0.05) is 6.04 Å². The van der Waals surface area contributed by atoms with Crippen LogP contribution in [0.15, 0.2) is 12.2 Å². The minimum Gasteiger partial charge on any atom is -0.330 e. The van der Waals surface area contributed by atoms with E-state index in [1.165, 1.54) is 116 Å². The molecule has 0 aromatic heterocycles. The molecule has 0 heterocycles. The summed E-state index contributed by atoms with van der Waals surface area (Å²) in [7, 11) is 0. The van der Waals surface area contributed by atoms with E-state index < -0.39 is 0 Å². The van der Waals surface area contributed by atoms with Crippen LogP contribution in [-0.4, -0.2) is 12.6 Å². The summed E-state index contributed by atoms with van der Waals surface area (Å²) in [5.74, 6) is 0. The predicted molar refractivity (Wildman–Crippen MR) is 124 cm³/mol. The smallest absolute Gasteiger partial charge is 0.00508 e. The van der Waals surface area contributed by atoms with E-state index in [9.17, 15) is 0 Å². The van der Waals surface area contributed by atoms with Gasteiger partial charge in [-0.1, -0.05) is 109 Å². The van der Waals surface area contributed by atoms with E-state index in [4.69, 9.17) is 11.5 Å². The molecule has 2 heteroatoms. The topological polar surface area (TPSA) is 52.0 Å². The normalized spacial score (nSPS) is 12.9. The van der Waals surface area contributed by atoms with Crippen LogP contribution in [0.25, 0.3) is 0 Å². The first-order chi connectivity index (χ1) is 13.3. The maximum atomic E-state index is 5.98. The summed E-state index contributed by atoms with van der Waals surface area (Å²) in [5, 5.41) is 0. The number of hydrogen-bond donors (Lipinski definition) is 2. The SMILES string of the molecule is CCCCCCCCC=CCCCCCCCCCCCCC(N)CCN. The Bertz CT molecular complexity index is 288. The highest BCUT2D eigenvalue weighted by atomic mass is 14.6. The Balaban J connectivity index is 3.09. The predicted octanol–water partition coefficient (Wildman–Crippen LogP) is 7.65. The van der Waals surface area contributed by atoms with Gasteiger partial charge in [0.05, 0.1) is 0 Å². The monoisotopic (exact) mass is 380 g/mol. The van der Waals surface area contributed by atoms with Crippen molar-refractivity contribution in [3.8, 4) is 0 Å². The van der Waals surface area contributed by atoms with E-state index in [-0.39, 0.29) is 0 Å². The van der Waals surface area contributed by atoms with Gasteiger partial charge in [-0.3, -0.25) is 0 Å². The van der Waals surface area contributed by atoms with Crippen LogP contribution in [0.5, 0.6) is 0 Å². The lowest BCUT2D eigenvalue weighted by atomic mass is 10.0. The van der Waals surface area contributed by atoms with Gasteiger partial charge in [-0.05, 0) is 45.1 Å². The van der Waals surface area contributed by atoms with Crippen molar-refractivity contribution in [1.29, 1.82) is 0 Å².